The Labute approximate surface area is 195 Å². The van der Waals surface area contributed by atoms with E-state index in [1.807, 2.05) is 81.4 Å². The van der Waals surface area contributed by atoms with Crippen molar-refractivity contribution in [3.05, 3.63) is 59.7 Å². The van der Waals surface area contributed by atoms with E-state index in [4.69, 9.17) is 0 Å². The molecule has 0 saturated heterocycles. The van der Waals surface area contributed by atoms with Crippen LogP contribution in [0.15, 0.2) is 58.9 Å². The number of rotatable bonds is 10. The highest BCUT2D eigenvalue weighted by atomic mass is 16.4. The van der Waals surface area contributed by atoms with Gasteiger partial charge in [0, 0.05) is 25.6 Å². The molecule has 0 bridgehead atoms. The van der Waals surface area contributed by atoms with E-state index in [-0.39, 0.29) is 24.5 Å². The van der Waals surface area contributed by atoms with Crippen LogP contribution in [0.25, 0.3) is 11.1 Å². The highest BCUT2D eigenvalue weighted by Crippen LogP contribution is 2.33. The number of amides is 1. The molecule has 33 heavy (non-hydrogen) atoms. The molecule has 0 saturated carbocycles. The third-order valence-electron chi connectivity index (χ3n) is 5.88. The van der Waals surface area contributed by atoms with Gasteiger partial charge in [0.1, 0.15) is 6.04 Å². The molecule has 0 radical (unpaired) electrons. The molecule has 8 heteroatoms. The average molecular weight is 452 g/mol. The number of hydrogen-bond acceptors (Lipinski definition) is 6. The summed E-state index contributed by atoms with van der Waals surface area (Å²) in [5, 5.41) is 19.8. The second-order valence-corrected chi connectivity index (χ2v) is 8.74. The van der Waals surface area contributed by atoms with Gasteiger partial charge >= 0.3 is 5.97 Å². The summed E-state index contributed by atoms with van der Waals surface area (Å²) in [4.78, 5) is 26.4. The van der Waals surface area contributed by atoms with Crippen LogP contribution in [0.5, 0.6) is 0 Å². The van der Waals surface area contributed by atoms with Gasteiger partial charge in [0.05, 0.1) is 0 Å². The number of hydrazine groups is 1. The molecule has 1 aliphatic rings. The number of carboxylic acids is 1. The van der Waals surface area contributed by atoms with Gasteiger partial charge in [0.15, 0.2) is 6.17 Å². The van der Waals surface area contributed by atoms with Crippen molar-refractivity contribution in [1.82, 2.24) is 15.4 Å². The third kappa shape index (κ3) is 5.76. The van der Waals surface area contributed by atoms with Crippen LogP contribution in [0.3, 0.4) is 0 Å². The van der Waals surface area contributed by atoms with Gasteiger partial charge in [-0.25, -0.2) is 10.3 Å². The Balaban J connectivity index is 1.86. The number of carbonyl (C=O) groups excluding carboxylic acids is 1. The number of hydrogen-bond donors (Lipinski definition) is 2. The largest absolute Gasteiger partial charge is 0.480 e. The van der Waals surface area contributed by atoms with Crippen LogP contribution >= 0.6 is 0 Å². The molecule has 1 heterocycles. The molecule has 2 aromatic carbocycles. The normalized spacial score (nSPS) is 16.6. The molecule has 0 spiro atoms. The van der Waals surface area contributed by atoms with Crippen LogP contribution in [-0.4, -0.2) is 40.0 Å². The summed E-state index contributed by atoms with van der Waals surface area (Å²) in [6.07, 6.45) is 1.78. The first-order valence-corrected chi connectivity index (χ1v) is 11.4. The average Bonchev–Trinajstić information content (AvgIpc) is 3.22. The zero-order chi connectivity index (χ0) is 24.0. The van der Waals surface area contributed by atoms with Crippen molar-refractivity contribution in [1.29, 1.82) is 0 Å². The molecule has 2 aromatic rings. The van der Waals surface area contributed by atoms with Gasteiger partial charge in [0.2, 0.25) is 5.91 Å². The smallest absolute Gasteiger partial charge is 0.326 e. The number of carbonyl (C=O) groups is 2. The van der Waals surface area contributed by atoms with Gasteiger partial charge in [-0.1, -0.05) is 80.9 Å². The van der Waals surface area contributed by atoms with Crippen molar-refractivity contribution in [2.24, 2.45) is 16.3 Å². The van der Waals surface area contributed by atoms with Gasteiger partial charge in [-0.2, -0.15) is 5.01 Å². The minimum Gasteiger partial charge on any atom is -0.480 e. The van der Waals surface area contributed by atoms with Crippen molar-refractivity contribution in [2.45, 2.75) is 58.8 Å². The van der Waals surface area contributed by atoms with Crippen LogP contribution in [0.2, 0.25) is 0 Å². The fraction of sp³-hybridized carbons (Fsp3) is 0.440. The summed E-state index contributed by atoms with van der Waals surface area (Å²) >= 11 is 0. The zero-order valence-electron chi connectivity index (χ0n) is 19.7. The topological polar surface area (TPSA) is 97.6 Å². The Morgan fingerprint density at radius 1 is 1.15 bits per heavy atom. The molecule has 0 aromatic heterocycles. The van der Waals surface area contributed by atoms with Crippen molar-refractivity contribution >= 4 is 11.9 Å². The third-order valence-corrected chi connectivity index (χ3v) is 5.88. The Morgan fingerprint density at radius 3 is 2.42 bits per heavy atom. The minimum absolute atomic E-state index is 0.116. The van der Waals surface area contributed by atoms with Gasteiger partial charge in [0.25, 0.3) is 0 Å². The van der Waals surface area contributed by atoms with E-state index in [0.717, 1.165) is 35.1 Å². The Morgan fingerprint density at radius 2 is 1.85 bits per heavy atom. The first-order valence-electron chi connectivity index (χ1n) is 11.4. The lowest BCUT2D eigenvalue weighted by atomic mass is 9.96. The number of nitrogens with one attached hydrogen (secondary N) is 1. The van der Waals surface area contributed by atoms with Crippen molar-refractivity contribution < 1.29 is 14.7 Å². The predicted octanol–water partition coefficient (Wildman–Crippen LogP) is 4.80. The van der Waals surface area contributed by atoms with E-state index in [0.29, 0.717) is 6.42 Å². The van der Waals surface area contributed by atoms with Crippen molar-refractivity contribution in [3.8, 4) is 11.1 Å². The number of benzene rings is 2. The van der Waals surface area contributed by atoms with Crippen molar-refractivity contribution in [2.75, 3.05) is 7.05 Å². The van der Waals surface area contributed by atoms with Crippen LogP contribution in [0.1, 0.15) is 57.3 Å². The summed E-state index contributed by atoms with van der Waals surface area (Å²) < 4.78 is 0. The standard InChI is InChI=1S/C25H33N5O3/c1-5-6-11-22(31)30(23(17(2)3)25(32)33)16-18-12-14-19(15-13-18)20-9-7-8-10-21(20)24-26-27-28-29(24)4/h7-10,12-15,17,23-24H,5-6,11,16H2,1-4H3,(H,26,28)(H,32,33)/t23-,24?/m0/s1. The van der Waals surface area contributed by atoms with Crippen LogP contribution < -0.4 is 5.53 Å². The summed E-state index contributed by atoms with van der Waals surface area (Å²) in [5.41, 5.74) is 6.83. The predicted molar refractivity (Wildman–Crippen MR) is 127 cm³/mol. The number of aliphatic carboxylic acids is 1. The molecular weight excluding hydrogens is 418 g/mol. The van der Waals surface area contributed by atoms with Gasteiger partial charge in [-0.15, -0.1) is 5.11 Å². The fourth-order valence-electron chi connectivity index (χ4n) is 4.12. The molecule has 1 amide bonds. The Hall–Kier alpha value is -3.26. The van der Waals surface area contributed by atoms with E-state index in [2.05, 4.69) is 15.9 Å². The lowest BCUT2D eigenvalue weighted by Crippen LogP contribution is -2.47. The highest BCUT2D eigenvalue weighted by Gasteiger charge is 2.32. The minimum atomic E-state index is -0.969. The molecular formula is C25H33N5O3. The van der Waals surface area contributed by atoms with E-state index in [9.17, 15) is 14.7 Å². The second kappa shape index (κ2) is 11.0. The van der Waals surface area contributed by atoms with Crippen LogP contribution in [0.4, 0.5) is 0 Å². The number of carboxylic acid groups (broad SMARTS) is 1. The quantitative estimate of drug-likeness (QED) is 0.541. The van der Waals surface area contributed by atoms with Crippen molar-refractivity contribution in [3.63, 3.8) is 0 Å². The first kappa shape index (κ1) is 24.4. The monoisotopic (exact) mass is 451 g/mol. The first-order chi connectivity index (χ1) is 15.8. The van der Waals surface area contributed by atoms with E-state index in [1.165, 1.54) is 4.90 Å². The second-order valence-electron chi connectivity index (χ2n) is 8.74. The summed E-state index contributed by atoms with van der Waals surface area (Å²) in [7, 11) is 1.89. The SMILES string of the molecule is CCCCC(=O)N(Cc1ccc(-c2ccccc2C2N=NNN2C)cc1)[C@H](C(=O)O)C(C)C. The lowest BCUT2D eigenvalue weighted by Gasteiger charge is -2.32. The summed E-state index contributed by atoms with van der Waals surface area (Å²) in [6, 6.07) is 15.1. The molecule has 1 aliphatic heterocycles. The highest BCUT2D eigenvalue weighted by molar-refractivity contribution is 5.84. The molecule has 2 N–H and O–H groups in total. The van der Waals surface area contributed by atoms with Crippen LogP contribution in [0, 0.1) is 5.92 Å². The maximum Gasteiger partial charge on any atom is 0.326 e. The molecule has 0 fully saturated rings. The van der Waals surface area contributed by atoms with E-state index >= 15 is 0 Å². The zero-order valence-corrected chi connectivity index (χ0v) is 19.7. The summed E-state index contributed by atoms with van der Waals surface area (Å²) in [6.45, 7) is 5.96. The van der Waals surface area contributed by atoms with Gasteiger partial charge in [-0.05, 0) is 29.0 Å². The lowest BCUT2D eigenvalue weighted by molar-refractivity contribution is -0.153. The maximum atomic E-state index is 12.9. The molecule has 3 rings (SSSR count). The Bertz CT molecular complexity index is 990. The van der Waals surface area contributed by atoms with E-state index in [1.54, 1.807) is 0 Å². The number of nitrogens with zero attached hydrogens (tertiary/aromatic N) is 4. The van der Waals surface area contributed by atoms with Gasteiger partial charge < -0.3 is 10.0 Å². The molecule has 176 valence electrons. The molecule has 2 atom stereocenters. The molecule has 0 aliphatic carbocycles. The summed E-state index contributed by atoms with van der Waals surface area (Å²) in [5.74, 6) is -1.27. The van der Waals surface area contributed by atoms with E-state index < -0.39 is 12.0 Å². The number of unbranched alkanes of at least 4 members (excludes halogenated alkanes) is 1. The molecule has 1 unspecified atom stereocenters. The van der Waals surface area contributed by atoms with Gasteiger partial charge in [-0.3, -0.25) is 4.79 Å². The molecule has 8 nitrogen and oxygen atoms in total. The fourth-order valence-corrected chi connectivity index (χ4v) is 4.12. The van der Waals surface area contributed by atoms with Crippen LogP contribution in [-0.2, 0) is 16.1 Å². The maximum absolute atomic E-state index is 12.9. The Kier molecular flexibility index (Phi) is 8.16.